The third kappa shape index (κ3) is 3.87. The fourth-order valence-corrected chi connectivity index (χ4v) is 2.22. The molecule has 0 aliphatic carbocycles. The lowest BCUT2D eigenvalue weighted by atomic mass is 10.0. The van der Waals surface area contributed by atoms with Crippen LogP contribution < -0.4 is 0 Å². The molecule has 1 unspecified atom stereocenters. The van der Waals surface area contributed by atoms with E-state index in [0.29, 0.717) is 0 Å². The predicted octanol–water partition coefficient (Wildman–Crippen LogP) is 1.37. The fraction of sp³-hybridized carbons (Fsp3) is 0.412. The minimum Gasteiger partial charge on any atom is -0.470 e. The molecule has 22 heavy (non-hydrogen) atoms. The van der Waals surface area contributed by atoms with Crippen LogP contribution in [0, 0.1) is 12.3 Å². The second-order valence-electron chi connectivity index (χ2n) is 4.92. The van der Waals surface area contributed by atoms with Crippen molar-refractivity contribution < 1.29 is 24.4 Å². The van der Waals surface area contributed by atoms with Gasteiger partial charge >= 0.3 is 0 Å². The van der Waals surface area contributed by atoms with E-state index >= 15 is 0 Å². The lowest BCUT2D eigenvalue weighted by molar-refractivity contribution is -0.268. The van der Waals surface area contributed by atoms with Crippen LogP contribution in [-0.4, -0.2) is 41.4 Å². The Morgan fingerprint density at radius 2 is 2.09 bits per heavy atom. The Labute approximate surface area is 130 Å². The van der Waals surface area contributed by atoms with Crippen molar-refractivity contribution >= 4 is 0 Å². The van der Waals surface area contributed by atoms with E-state index in [1.54, 1.807) is 13.0 Å². The van der Waals surface area contributed by atoms with Crippen molar-refractivity contribution in [3.05, 3.63) is 48.2 Å². The molecule has 0 aromatic heterocycles. The van der Waals surface area contributed by atoms with Crippen LogP contribution in [0.1, 0.15) is 18.6 Å². The Kier molecular flexibility index (Phi) is 5.99. The van der Waals surface area contributed by atoms with Crippen LogP contribution in [0.2, 0.25) is 0 Å². The van der Waals surface area contributed by atoms with Gasteiger partial charge in [-0.25, -0.2) is 0 Å². The average Bonchev–Trinajstić information content (AvgIpc) is 2.55. The molecule has 1 aliphatic heterocycles. The molecular formula is C17H20O5. The van der Waals surface area contributed by atoms with Gasteiger partial charge in [-0.2, -0.15) is 0 Å². The highest BCUT2D eigenvalue weighted by atomic mass is 16.7. The number of hydrogen-bond acceptors (Lipinski definition) is 5. The van der Waals surface area contributed by atoms with Crippen molar-refractivity contribution in [2.24, 2.45) is 0 Å². The van der Waals surface area contributed by atoms with Crippen molar-refractivity contribution in [3.8, 4) is 12.3 Å². The van der Waals surface area contributed by atoms with E-state index in [2.05, 4.69) is 5.92 Å². The lowest BCUT2D eigenvalue weighted by Crippen LogP contribution is -2.54. The summed E-state index contributed by atoms with van der Waals surface area (Å²) in [6, 6.07) is 9.22. The van der Waals surface area contributed by atoms with Gasteiger partial charge < -0.3 is 24.4 Å². The minimum atomic E-state index is -1.15. The molecule has 1 aromatic rings. The van der Waals surface area contributed by atoms with E-state index in [0.717, 1.165) is 5.56 Å². The lowest BCUT2D eigenvalue weighted by Gasteiger charge is -2.38. The standard InChI is InChI=1S/C17H20O5/c1-3-10-20-17-15(19)16(13(18)11-21-17)22-14(4-2)12-8-6-5-7-9-12/h2-3,5-10,13-19H,11H2,1H3/b10-3+/t13-,14?,15+,16+,17+/m1/s1. The van der Waals surface area contributed by atoms with Crippen molar-refractivity contribution in [1.29, 1.82) is 0 Å². The van der Waals surface area contributed by atoms with E-state index in [-0.39, 0.29) is 6.61 Å². The van der Waals surface area contributed by atoms with Crippen molar-refractivity contribution in [2.75, 3.05) is 6.61 Å². The van der Waals surface area contributed by atoms with Crippen LogP contribution in [0.4, 0.5) is 0 Å². The number of aliphatic hydroxyl groups is 2. The Hall–Kier alpha value is -1.84. The quantitative estimate of drug-likeness (QED) is 0.635. The van der Waals surface area contributed by atoms with Crippen molar-refractivity contribution in [2.45, 2.75) is 37.6 Å². The molecule has 2 rings (SSSR count). The average molecular weight is 304 g/mol. The van der Waals surface area contributed by atoms with Crippen LogP contribution in [-0.2, 0) is 14.2 Å². The molecule has 0 saturated carbocycles. The SMILES string of the molecule is C#CC(O[C@@H]1[C@H](O)[C@@H](O/C=C/C)OC[C@H]1O)c1ccccc1. The Balaban J connectivity index is 2.09. The maximum Gasteiger partial charge on any atom is 0.227 e. The molecule has 0 amide bonds. The monoisotopic (exact) mass is 304 g/mol. The summed E-state index contributed by atoms with van der Waals surface area (Å²) >= 11 is 0. The molecule has 0 spiro atoms. The van der Waals surface area contributed by atoms with Gasteiger partial charge in [-0.1, -0.05) is 42.3 Å². The molecule has 1 fully saturated rings. The highest BCUT2D eigenvalue weighted by Crippen LogP contribution is 2.26. The summed E-state index contributed by atoms with van der Waals surface area (Å²) < 4.78 is 16.2. The van der Waals surface area contributed by atoms with Gasteiger partial charge in [-0.05, 0) is 12.5 Å². The smallest absolute Gasteiger partial charge is 0.227 e. The largest absolute Gasteiger partial charge is 0.470 e. The van der Waals surface area contributed by atoms with Gasteiger partial charge in [0.2, 0.25) is 6.29 Å². The molecule has 1 aliphatic rings. The molecule has 0 radical (unpaired) electrons. The summed E-state index contributed by atoms with van der Waals surface area (Å²) in [7, 11) is 0. The van der Waals surface area contributed by atoms with E-state index in [1.165, 1.54) is 6.26 Å². The van der Waals surface area contributed by atoms with Crippen molar-refractivity contribution in [3.63, 3.8) is 0 Å². The molecule has 118 valence electrons. The summed E-state index contributed by atoms with van der Waals surface area (Å²) in [5, 5.41) is 20.3. The van der Waals surface area contributed by atoms with E-state index in [1.807, 2.05) is 30.3 Å². The van der Waals surface area contributed by atoms with Crippen LogP contribution in [0.25, 0.3) is 0 Å². The van der Waals surface area contributed by atoms with Gasteiger partial charge in [0.1, 0.15) is 24.4 Å². The molecule has 1 saturated heterocycles. The second-order valence-corrected chi connectivity index (χ2v) is 4.92. The third-order valence-electron chi connectivity index (χ3n) is 3.32. The molecule has 5 atom stereocenters. The molecular weight excluding hydrogens is 284 g/mol. The summed E-state index contributed by atoms with van der Waals surface area (Å²) in [6.07, 6.45) is 3.99. The number of rotatable bonds is 5. The molecule has 5 heteroatoms. The highest BCUT2D eigenvalue weighted by molar-refractivity contribution is 5.23. The topological polar surface area (TPSA) is 68.2 Å². The summed E-state index contributed by atoms with van der Waals surface area (Å²) in [5.74, 6) is 2.52. The van der Waals surface area contributed by atoms with Crippen molar-refractivity contribution in [1.82, 2.24) is 0 Å². The Morgan fingerprint density at radius 1 is 1.36 bits per heavy atom. The van der Waals surface area contributed by atoms with E-state index in [9.17, 15) is 10.2 Å². The van der Waals surface area contributed by atoms with Gasteiger partial charge in [0.05, 0.1) is 12.9 Å². The Morgan fingerprint density at radius 3 is 2.73 bits per heavy atom. The number of hydrogen-bond donors (Lipinski definition) is 2. The number of benzene rings is 1. The first kappa shape index (κ1) is 16.5. The number of terminal acetylenes is 1. The summed E-state index contributed by atoms with van der Waals surface area (Å²) in [4.78, 5) is 0. The van der Waals surface area contributed by atoms with Crippen LogP contribution in [0.3, 0.4) is 0 Å². The molecule has 5 nitrogen and oxygen atoms in total. The van der Waals surface area contributed by atoms with Gasteiger partial charge in [0, 0.05) is 0 Å². The molecule has 1 aromatic carbocycles. The minimum absolute atomic E-state index is 0.00394. The Bertz CT molecular complexity index is 522. The zero-order chi connectivity index (χ0) is 15.9. The third-order valence-corrected chi connectivity index (χ3v) is 3.32. The molecule has 0 bridgehead atoms. The first-order valence-electron chi connectivity index (χ1n) is 7.08. The predicted molar refractivity (Wildman–Crippen MR) is 80.5 cm³/mol. The van der Waals surface area contributed by atoms with Crippen LogP contribution in [0.5, 0.6) is 0 Å². The zero-order valence-corrected chi connectivity index (χ0v) is 12.3. The number of aliphatic hydroxyl groups excluding tert-OH is 2. The summed E-state index contributed by atoms with van der Waals surface area (Å²) in [6.45, 7) is 1.78. The zero-order valence-electron chi connectivity index (χ0n) is 12.3. The molecule has 1 heterocycles. The number of allylic oxidation sites excluding steroid dienone is 1. The van der Waals surface area contributed by atoms with Gasteiger partial charge in [-0.3, -0.25) is 0 Å². The van der Waals surface area contributed by atoms with Crippen LogP contribution in [0.15, 0.2) is 42.7 Å². The number of ether oxygens (including phenoxy) is 3. The first-order valence-corrected chi connectivity index (χ1v) is 7.08. The van der Waals surface area contributed by atoms with E-state index < -0.39 is 30.7 Å². The van der Waals surface area contributed by atoms with Crippen LogP contribution >= 0.6 is 0 Å². The summed E-state index contributed by atoms with van der Waals surface area (Å²) in [5.41, 5.74) is 0.779. The maximum absolute atomic E-state index is 10.3. The van der Waals surface area contributed by atoms with Gasteiger partial charge in [0.25, 0.3) is 0 Å². The first-order chi connectivity index (χ1) is 10.7. The second kappa shape index (κ2) is 7.97. The fourth-order valence-electron chi connectivity index (χ4n) is 2.22. The molecule has 2 N–H and O–H groups in total. The van der Waals surface area contributed by atoms with Gasteiger partial charge in [-0.15, -0.1) is 6.42 Å². The maximum atomic E-state index is 10.3. The van der Waals surface area contributed by atoms with E-state index in [4.69, 9.17) is 20.6 Å². The normalized spacial score (nSPS) is 29.9. The highest BCUT2D eigenvalue weighted by Gasteiger charge is 2.41. The van der Waals surface area contributed by atoms with Gasteiger partial charge in [0.15, 0.2) is 0 Å².